The molecule has 1 saturated heterocycles. The third-order valence-corrected chi connectivity index (χ3v) is 5.10. The molecule has 21 heavy (non-hydrogen) atoms. The molecule has 1 aromatic rings. The van der Waals surface area contributed by atoms with Gasteiger partial charge in [-0.1, -0.05) is 24.6 Å². The molecule has 1 heterocycles. The monoisotopic (exact) mass is 309 g/mol. The highest BCUT2D eigenvalue weighted by Gasteiger charge is 2.21. The molecule has 0 aromatic heterocycles. The summed E-state index contributed by atoms with van der Waals surface area (Å²) in [4.78, 5) is 5.02. The molecule has 0 bridgehead atoms. The molecule has 4 heteroatoms. The van der Waals surface area contributed by atoms with Gasteiger partial charge in [0, 0.05) is 49.0 Å². The van der Waals surface area contributed by atoms with Gasteiger partial charge in [-0.3, -0.25) is 4.90 Å². The molecule has 2 rings (SSSR count). The lowest BCUT2D eigenvalue weighted by atomic mass is 10.1. The molecule has 1 aromatic carbocycles. The lowest BCUT2D eigenvalue weighted by Crippen LogP contribution is -2.49. The molecule has 2 atom stereocenters. The first-order valence-corrected chi connectivity index (χ1v) is 8.40. The Morgan fingerprint density at radius 3 is 2.38 bits per heavy atom. The first kappa shape index (κ1) is 16.6. The molecule has 2 unspecified atom stereocenters. The van der Waals surface area contributed by atoms with Crippen molar-refractivity contribution in [3.8, 4) is 0 Å². The van der Waals surface area contributed by atoms with E-state index in [4.69, 9.17) is 11.6 Å². The highest BCUT2D eigenvalue weighted by atomic mass is 35.5. The summed E-state index contributed by atoms with van der Waals surface area (Å²) in [5.74, 6) is 0. The largest absolute Gasteiger partial charge is 0.369 e. The number of rotatable bonds is 5. The van der Waals surface area contributed by atoms with Crippen LogP contribution in [-0.4, -0.2) is 44.2 Å². The zero-order valence-corrected chi connectivity index (χ0v) is 14.5. The molecule has 1 N–H and O–H groups in total. The number of hydrogen-bond acceptors (Lipinski definition) is 3. The maximum Gasteiger partial charge on any atom is 0.0474 e. The van der Waals surface area contributed by atoms with Crippen LogP contribution in [0.2, 0.25) is 5.02 Å². The van der Waals surface area contributed by atoms with E-state index in [1.165, 1.54) is 17.7 Å². The van der Waals surface area contributed by atoms with Crippen LogP contribution < -0.4 is 10.2 Å². The van der Waals surface area contributed by atoms with E-state index in [1.54, 1.807) is 0 Å². The fourth-order valence-electron chi connectivity index (χ4n) is 2.90. The van der Waals surface area contributed by atoms with Crippen LogP contribution >= 0.6 is 11.6 Å². The number of hydrogen-bond donors (Lipinski definition) is 1. The van der Waals surface area contributed by atoms with E-state index in [2.05, 4.69) is 54.1 Å². The van der Waals surface area contributed by atoms with Crippen molar-refractivity contribution in [3.63, 3.8) is 0 Å². The van der Waals surface area contributed by atoms with E-state index in [-0.39, 0.29) is 6.04 Å². The van der Waals surface area contributed by atoms with Crippen LogP contribution in [0.3, 0.4) is 0 Å². The van der Waals surface area contributed by atoms with Gasteiger partial charge >= 0.3 is 0 Å². The average molecular weight is 310 g/mol. The van der Waals surface area contributed by atoms with Gasteiger partial charge < -0.3 is 10.2 Å². The minimum atomic E-state index is 0.286. The summed E-state index contributed by atoms with van der Waals surface area (Å²) in [5.41, 5.74) is 2.41. The number of nitrogens with zero attached hydrogens (tertiary/aromatic N) is 2. The second kappa shape index (κ2) is 7.48. The van der Waals surface area contributed by atoms with Gasteiger partial charge in [0.2, 0.25) is 0 Å². The summed E-state index contributed by atoms with van der Waals surface area (Å²) < 4.78 is 0. The van der Waals surface area contributed by atoms with E-state index in [9.17, 15) is 0 Å². The first-order chi connectivity index (χ1) is 10.1. The van der Waals surface area contributed by atoms with Gasteiger partial charge in [-0.05, 0) is 45.0 Å². The molecule has 0 saturated carbocycles. The van der Waals surface area contributed by atoms with E-state index in [0.717, 1.165) is 31.2 Å². The molecule has 0 amide bonds. The predicted molar refractivity (Wildman–Crippen MR) is 92.5 cm³/mol. The highest BCUT2D eigenvalue weighted by molar-refractivity contribution is 6.31. The molecular formula is C17H28ClN3. The van der Waals surface area contributed by atoms with Crippen molar-refractivity contribution in [1.82, 2.24) is 10.2 Å². The molecule has 0 aliphatic carbocycles. The van der Waals surface area contributed by atoms with Crippen LogP contribution in [-0.2, 0) is 0 Å². The van der Waals surface area contributed by atoms with Crippen molar-refractivity contribution < 1.29 is 0 Å². The van der Waals surface area contributed by atoms with E-state index in [1.807, 2.05) is 7.05 Å². The van der Waals surface area contributed by atoms with Crippen molar-refractivity contribution in [2.75, 3.05) is 38.1 Å². The third-order valence-electron chi connectivity index (χ3n) is 4.78. The van der Waals surface area contributed by atoms with Crippen LogP contribution in [0.4, 0.5) is 5.69 Å². The maximum absolute atomic E-state index is 6.45. The standard InChI is InChI=1S/C17H28ClN3/c1-5-13(2)20-8-10-21(11-9-20)15-6-7-16(14(3)19-4)17(18)12-15/h6-7,12-14,19H,5,8-11H2,1-4H3. The van der Waals surface area contributed by atoms with Gasteiger partial charge in [0.15, 0.2) is 0 Å². The van der Waals surface area contributed by atoms with Crippen LogP contribution in [0.25, 0.3) is 0 Å². The van der Waals surface area contributed by atoms with Crippen molar-refractivity contribution in [1.29, 1.82) is 0 Å². The van der Waals surface area contributed by atoms with Gasteiger partial charge in [-0.15, -0.1) is 0 Å². The Labute approximate surface area is 134 Å². The molecule has 0 spiro atoms. The smallest absolute Gasteiger partial charge is 0.0474 e. The quantitative estimate of drug-likeness (QED) is 0.897. The molecule has 118 valence electrons. The van der Waals surface area contributed by atoms with E-state index in [0.29, 0.717) is 6.04 Å². The van der Waals surface area contributed by atoms with Crippen molar-refractivity contribution in [2.24, 2.45) is 0 Å². The average Bonchev–Trinajstić information content (AvgIpc) is 2.53. The number of piperazine rings is 1. The van der Waals surface area contributed by atoms with Crippen LogP contribution in [0.1, 0.15) is 38.8 Å². The summed E-state index contributed by atoms with van der Waals surface area (Å²) >= 11 is 6.45. The molecule has 1 aliphatic rings. The second-order valence-corrected chi connectivity index (χ2v) is 6.40. The normalized spacial score (nSPS) is 19.6. The minimum Gasteiger partial charge on any atom is -0.369 e. The Hall–Kier alpha value is -0.770. The number of anilines is 1. The minimum absolute atomic E-state index is 0.286. The topological polar surface area (TPSA) is 18.5 Å². The summed E-state index contributed by atoms with van der Waals surface area (Å²) in [6.45, 7) is 11.2. The fourth-order valence-corrected chi connectivity index (χ4v) is 3.24. The molecule has 3 nitrogen and oxygen atoms in total. The van der Waals surface area contributed by atoms with Gasteiger partial charge in [0.1, 0.15) is 0 Å². The first-order valence-electron chi connectivity index (χ1n) is 8.02. The summed E-state index contributed by atoms with van der Waals surface area (Å²) in [7, 11) is 1.96. The highest BCUT2D eigenvalue weighted by Crippen LogP contribution is 2.28. The van der Waals surface area contributed by atoms with E-state index >= 15 is 0 Å². The van der Waals surface area contributed by atoms with Crippen LogP contribution in [0, 0.1) is 0 Å². The van der Waals surface area contributed by atoms with Crippen molar-refractivity contribution in [2.45, 2.75) is 39.3 Å². The lowest BCUT2D eigenvalue weighted by molar-refractivity contribution is 0.193. The molecule has 1 fully saturated rings. The number of nitrogens with one attached hydrogen (secondary N) is 1. The van der Waals surface area contributed by atoms with Gasteiger partial charge in [-0.25, -0.2) is 0 Å². The fraction of sp³-hybridized carbons (Fsp3) is 0.647. The Morgan fingerprint density at radius 1 is 1.19 bits per heavy atom. The molecule has 0 radical (unpaired) electrons. The van der Waals surface area contributed by atoms with Gasteiger partial charge in [0.05, 0.1) is 0 Å². The van der Waals surface area contributed by atoms with Gasteiger partial charge in [0.25, 0.3) is 0 Å². The Kier molecular flexibility index (Phi) is 5.91. The predicted octanol–water partition coefficient (Wildman–Crippen LogP) is 3.54. The zero-order chi connectivity index (χ0) is 15.4. The van der Waals surface area contributed by atoms with Crippen molar-refractivity contribution in [3.05, 3.63) is 28.8 Å². The maximum atomic E-state index is 6.45. The SMILES string of the molecule is CCC(C)N1CCN(c2ccc(C(C)NC)c(Cl)c2)CC1. The molecular weight excluding hydrogens is 282 g/mol. The summed E-state index contributed by atoms with van der Waals surface area (Å²) in [6.07, 6.45) is 1.22. The van der Waals surface area contributed by atoms with Crippen LogP contribution in [0.15, 0.2) is 18.2 Å². The third kappa shape index (κ3) is 3.91. The number of benzene rings is 1. The van der Waals surface area contributed by atoms with E-state index < -0.39 is 0 Å². The number of halogens is 1. The Morgan fingerprint density at radius 2 is 1.86 bits per heavy atom. The zero-order valence-electron chi connectivity index (χ0n) is 13.7. The molecule has 1 aliphatic heterocycles. The second-order valence-electron chi connectivity index (χ2n) is 6.00. The Balaban J connectivity index is 2.02. The van der Waals surface area contributed by atoms with Crippen molar-refractivity contribution >= 4 is 17.3 Å². The summed E-state index contributed by atoms with van der Waals surface area (Å²) in [5, 5.41) is 4.10. The lowest BCUT2D eigenvalue weighted by Gasteiger charge is -2.39. The summed E-state index contributed by atoms with van der Waals surface area (Å²) in [6, 6.07) is 7.45. The Bertz CT molecular complexity index is 455. The van der Waals surface area contributed by atoms with Gasteiger partial charge in [-0.2, -0.15) is 0 Å². The van der Waals surface area contributed by atoms with Crippen LogP contribution in [0.5, 0.6) is 0 Å².